The van der Waals surface area contributed by atoms with E-state index in [1.54, 1.807) is 0 Å². The van der Waals surface area contributed by atoms with E-state index in [0.29, 0.717) is 25.5 Å². The van der Waals surface area contributed by atoms with E-state index in [2.05, 4.69) is 60.7 Å². The lowest BCUT2D eigenvalue weighted by atomic mass is 9.77. The molecule has 11 heteroatoms. The smallest absolute Gasteiger partial charge is 0.377 e. The monoisotopic (exact) mass is 777 g/mol. The first kappa shape index (κ1) is 40.4. The first-order chi connectivity index (χ1) is 26.2. The van der Waals surface area contributed by atoms with Crippen molar-refractivity contribution < 1.29 is 46.9 Å². The number of alkyl halides is 2. The predicted molar refractivity (Wildman–Crippen MR) is 202 cm³/mol. The standard InChI is InChI=1S/C24H25O2S.C20H26F2O6/c1-4-24(2,3)23(25)26-19-15-17-22(18-16-19)27(20-11-7-5-8-12-20)21-13-9-6-10-14-21;1-3-20(7-5-4-6-8-20)28-17(24)13-11-9-10-12(13)16(23)26-14(10)15(11)27-18(25)19(2,21)22/h5-18H,4H2,1-3H3;10-15H,3-9H2,1-2H3/q+1;. The summed E-state index contributed by atoms with van der Waals surface area (Å²) in [6.07, 6.45) is 4.75. The van der Waals surface area contributed by atoms with E-state index in [-0.39, 0.29) is 22.8 Å². The lowest BCUT2D eigenvalue weighted by molar-refractivity contribution is -0.188. The van der Waals surface area contributed by atoms with Gasteiger partial charge in [-0.05, 0) is 107 Å². The van der Waals surface area contributed by atoms with E-state index >= 15 is 0 Å². The second-order valence-corrected chi connectivity index (χ2v) is 17.9. The Morgan fingerprint density at radius 1 is 0.800 bits per heavy atom. The maximum atomic E-state index is 13.3. The Kier molecular flexibility index (Phi) is 12.1. The summed E-state index contributed by atoms with van der Waals surface area (Å²) in [6, 6.07) is 28.9. The molecular formula is C44H51F2O8S+. The van der Waals surface area contributed by atoms with Gasteiger partial charge >= 0.3 is 29.8 Å². The van der Waals surface area contributed by atoms with Gasteiger partial charge in [0.1, 0.15) is 23.6 Å². The lowest BCUT2D eigenvalue weighted by Gasteiger charge is -2.38. The molecule has 0 radical (unpaired) electrons. The summed E-state index contributed by atoms with van der Waals surface area (Å²) in [6.45, 7) is 8.26. The average molecular weight is 778 g/mol. The average Bonchev–Trinajstić information content (AvgIpc) is 3.81. The Morgan fingerprint density at radius 2 is 1.36 bits per heavy atom. The van der Waals surface area contributed by atoms with Crippen LogP contribution in [0.25, 0.3) is 0 Å². The zero-order chi connectivity index (χ0) is 39.5. The Balaban J connectivity index is 0.000000187. The largest absolute Gasteiger partial charge is 0.459 e. The van der Waals surface area contributed by atoms with Crippen molar-refractivity contribution in [2.45, 2.75) is 124 Å². The van der Waals surface area contributed by atoms with Gasteiger partial charge in [0.25, 0.3) is 0 Å². The highest BCUT2D eigenvalue weighted by Crippen LogP contribution is 2.59. The summed E-state index contributed by atoms with van der Waals surface area (Å²) < 4.78 is 48.5. The van der Waals surface area contributed by atoms with Crippen molar-refractivity contribution in [3.8, 4) is 5.75 Å². The molecule has 3 aromatic carbocycles. The van der Waals surface area contributed by atoms with Gasteiger partial charge in [-0.25, -0.2) is 4.79 Å². The number of benzene rings is 3. The van der Waals surface area contributed by atoms with E-state index in [0.717, 1.165) is 38.5 Å². The van der Waals surface area contributed by atoms with Gasteiger partial charge in [-0.15, -0.1) is 0 Å². The molecule has 3 aromatic rings. The van der Waals surface area contributed by atoms with Crippen molar-refractivity contribution in [3.63, 3.8) is 0 Å². The summed E-state index contributed by atoms with van der Waals surface area (Å²) in [5, 5.41) is 0. The van der Waals surface area contributed by atoms with Crippen LogP contribution in [0, 0.1) is 29.1 Å². The normalized spacial score (nSPS) is 25.1. The topological polar surface area (TPSA) is 105 Å². The van der Waals surface area contributed by atoms with Crippen molar-refractivity contribution in [3.05, 3.63) is 84.9 Å². The van der Waals surface area contributed by atoms with E-state index in [1.165, 1.54) is 14.7 Å². The molecule has 8 nitrogen and oxygen atoms in total. The van der Waals surface area contributed by atoms with Crippen molar-refractivity contribution in [2.24, 2.45) is 29.1 Å². The van der Waals surface area contributed by atoms with Crippen LogP contribution in [0.5, 0.6) is 5.75 Å². The van der Waals surface area contributed by atoms with Crippen molar-refractivity contribution >= 4 is 34.8 Å². The number of rotatable bonds is 11. The van der Waals surface area contributed by atoms with Crippen molar-refractivity contribution in [1.29, 1.82) is 0 Å². The van der Waals surface area contributed by atoms with E-state index in [4.69, 9.17) is 18.9 Å². The molecule has 0 amide bonds. The van der Waals surface area contributed by atoms with Crippen molar-refractivity contribution in [2.75, 3.05) is 0 Å². The highest BCUT2D eigenvalue weighted by Gasteiger charge is 2.70. The van der Waals surface area contributed by atoms with Gasteiger partial charge in [0.05, 0.1) is 28.1 Å². The molecular weight excluding hydrogens is 727 g/mol. The molecule has 3 saturated carbocycles. The molecule has 0 N–H and O–H groups in total. The number of carbonyl (C=O) groups is 4. The van der Waals surface area contributed by atoms with Crippen LogP contribution in [0.3, 0.4) is 0 Å². The molecule has 7 rings (SSSR count). The Bertz CT molecular complexity index is 1780. The Morgan fingerprint density at radius 3 is 1.89 bits per heavy atom. The highest BCUT2D eigenvalue weighted by molar-refractivity contribution is 7.97. The van der Waals surface area contributed by atoms with Crippen LogP contribution in [-0.2, 0) is 44.3 Å². The minimum absolute atomic E-state index is 0.192. The summed E-state index contributed by atoms with van der Waals surface area (Å²) in [4.78, 5) is 53.2. The van der Waals surface area contributed by atoms with Gasteiger partial charge in [0.2, 0.25) is 0 Å². The van der Waals surface area contributed by atoms with Crippen LogP contribution in [0.1, 0.15) is 86.0 Å². The minimum atomic E-state index is -3.64. The molecule has 55 heavy (non-hydrogen) atoms. The fraction of sp³-hybridized carbons (Fsp3) is 0.500. The molecule has 3 aliphatic carbocycles. The molecule has 4 fully saturated rings. The second-order valence-electron chi connectivity index (χ2n) is 15.8. The van der Waals surface area contributed by atoms with Gasteiger partial charge in [0.15, 0.2) is 14.7 Å². The third kappa shape index (κ3) is 8.61. The molecule has 294 valence electrons. The summed E-state index contributed by atoms with van der Waals surface area (Å²) in [7, 11) is -0.195. The molecule has 2 bridgehead atoms. The van der Waals surface area contributed by atoms with Crippen molar-refractivity contribution in [1.82, 2.24) is 0 Å². The molecule has 6 unspecified atom stereocenters. The number of ether oxygens (including phenoxy) is 4. The van der Waals surface area contributed by atoms with Crippen LogP contribution >= 0.6 is 0 Å². The van der Waals surface area contributed by atoms with E-state index in [1.807, 2.05) is 52.0 Å². The minimum Gasteiger partial charge on any atom is -0.459 e. The van der Waals surface area contributed by atoms with Crippen LogP contribution in [0.15, 0.2) is 99.6 Å². The second kappa shape index (κ2) is 16.5. The van der Waals surface area contributed by atoms with E-state index < -0.39 is 64.8 Å². The first-order valence-electron chi connectivity index (χ1n) is 19.4. The summed E-state index contributed by atoms with van der Waals surface area (Å²) in [5.74, 6) is -8.15. The van der Waals surface area contributed by atoms with Crippen LogP contribution in [-0.4, -0.2) is 47.6 Å². The molecule has 1 aliphatic heterocycles. The number of fused-ring (bicyclic) bond motifs is 1. The number of carbonyl (C=O) groups excluding carboxylic acids is 4. The third-order valence-electron chi connectivity index (χ3n) is 11.8. The molecule has 1 saturated heterocycles. The van der Waals surface area contributed by atoms with Gasteiger partial charge in [-0.1, -0.05) is 56.7 Å². The SMILES string of the molecule is CCC(C)(C)C(=O)Oc1ccc([S+](c2ccccc2)c2ccccc2)cc1.CCC1(OC(=O)C2C3CC4C(OC(=O)C42)C3OC(=O)C(C)(F)F)CCCCC1. The highest BCUT2D eigenvalue weighted by atomic mass is 32.2. The number of hydrogen-bond donors (Lipinski definition) is 0. The van der Waals surface area contributed by atoms with E-state index in [9.17, 15) is 28.0 Å². The van der Waals surface area contributed by atoms with Gasteiger partial charge in [0, 0.05) is 18.8 Å². The Hall–Kier alpha value is -4.25. The first-order valence-corrected chi connectivity index (χ1v) is 20.6. The zero-order valence-electron chi connectivity index (χ0n) is 32.1. The predicted octanol–water partition coefficient (Wildman–Crippen LogP) is 9.14. The molecule has 4 aliphatic rings. The number of hydrogen-bond acceptors (Lipinski definition) is 8. The van der Waals surface area contributed by atoms with Crippen LogP contribution in [0.2, 0.25) is 0 Å². The van der Waals surface area contributed by atoms with Crippen LogP contribution < -0.4 is 4.74 Å². The molecule has 0 spiro atoms. The fourth-order valence-electron chi connectivity index (χ4n) is 8.26. The van der Waals surface area contributed by atoms with Crippen LogP contribution in [0.4, 0.5) is 8.78 Å². The molecule has 0 aromatic heterocycles. The maximum absolute atomic E-state index is 13.3. The summed E-state index contributed by atoms with van der Waals surface area (Å²) in [5.41, 5.74) is -1.00. The quantitative estimate of drug-likeness (QED) is 0.0822. The summed E-state index contributed by atoms with van der Waals surface area (Å²) >= 11 is 0. The third-order valence-corrected chi connectivity index (χ3v) is 14.0. The van der Waals surface area contributed by atoms with Gasteiger partial charge in [-0.2, -0.15) is 8.78 Å². The lowest BCUT2D eigenvalue weighted by Crippen LogP contribution is -2.47. The number of halogens is 2. The molecule has 1 heterocycles. The van der Waals surface area contributed by atoms with Gasteiger partial charge < -0.3 is 18.9 Å². The number of esters is 4. The molecule has 6 atom stereocenters. The Labute approximate surface area is 325 Å². The maximum Gasteiger partial charge on any atom is 0.377 e. The van der Waals surface area contributed by atoms with Gasteiger partial charge in [-0.3, -0.25) is 14.4 Å². The fourth-order valence-corrected chi connectivity index (χ4v) is 10.3. The zero-order valence-corrected chi connectivity index (χ0v) is 33.0.